The van der Waals surface area contributed by atoms with E-state index in [-0.39, 0.29) is 34.5 Å². The lowest BCUT2D eigenvalue weighted by Crippen LogP contribution is -2.34. The van der Waals surface area contributed by atoms with E-state index in [0.29, 0.717) is 29.3 Å². The minimum Gasteiger partial charge on any atom is -0.477 e. The van der Waals surface area contributed by atoms with Gasteiger partial charge in [-0.25, -0.2) is 18.7 Å². The number of amides is 1. The number of anilines is 1. The van der Waals surface area contributed by atoms with Crippen LogP contribution in [0.25, 0.3) is 16.9 Å². The zero-order valence-corrected chi connectivity index (χ0v) is 15.6. The summed E-state index contributed by atoms with van der Waals surface area (Å²) in [6.07, 6.45) is 3.72. The third kappa shape index (κ3) is 2.65. The largest absolute Gasteiger partial charge is 0.477 e. The van der Waals surface area contributed by atoms with Gasteiger partial charge in [-0.05, 0) is 49.4 Å². The summed E-state index contributed by atoms with van der Waals surface area (Å²) in [5.41, 5.74) is 7.12. The highest BCUT2D eigenvalue weighted by Crippen LogP contribution is 2.39. The van der Waals surface area contributed by atoms with Crippen LogP contribution in [0.4, 0.5) is 10.2 Å². The molecule has 3 heterocycles. The molecule has 8 nitrogen and oxygen atoms in total. The summed E-state index contributed by atoms with van der Waals surface area (Å²) in [7, 11) is 0. The fraction of sp³-hybridized carbons (Fsp3) is 0.300. The van der Waals surface area contributed by atoms with E-state index in [1.54, 1.807) is 17.0 Å². The summed E-state index contributed by atoms with van der Waals surface area (Å²) in [6.45, 7) is 2.37. The number of carboxylic acids is 1. The van der Waals surface area contributed by atoms with Crippen LogP contribution in [-0.4, -0.2) is 42.5 Å². The van der Waals surface area contributed by atoms with Crippen molar-refractivity contribution < 1.29 is 19.1 Å². The SMILES string of the molecule is C[C@@H](C1CC1)N1Cc2cc(-c3ccn4nc(N)c(C(=O)O)c4n3)cc(F)c2C1=O. The maximum absolute atomic E-state index is 14.9. The van der Waals surface area contributed by atoms with E-state index in [0.717, 1.165) is 12.8 Å². The molecular weight excluding hydrogens is 377 g/mol. The maximum Gasteiger partial charge on any atom is 0.343 e. The van der Waals surface area contributed by atoms with E-state index in [2.05, 4.69) is 10.1 Å². The standard InChI is InChI=1S/C20H18FN5O3/c1-9(10-2-3-10)25-8-12-6-11(7-13(21)15(12)19(25)27)14-4-5-26-18(23-14)16(20(28)29)17(22)24-26/h4-7,9-10H,2-3,8H2,1H3,(H2,22,24)(H,28,29)/t9-/m0/s1. The van der Waals surface area contributed by atoms with Crippen LogP contribution in [0.3, 0.4) is 0 Å². The predicted octanol–water partition coefficient (Wildman–Crippen LogP) is 2.57. The summed E-state index contributed by atoms with van der Waals surface area (Å²) in [5.74, 6) is -1.76. The Morgan fingerprint density at radius 3 is 2.83 bits per heavy atom. The molecule has 9 heteroatoms. The molecule has 0 bridgehead atoms. The molecule has 1 aliphatic carbocycles. The summed E-state index contributed by atoms with van der Waals surface area (Å²) in [4.78, 5) is 30.3. The van der Waals surface area contributed by atoms with Crippen molar-refractivity contribution in [3.8, 4) is 11.3 Å². The zero-order valence-electron chi connectivity index (χ0n) is 15.6. The lowest BCUT2D eigenvalue weighted by Gasteiger charge is -2.23. The van der Waals surface area contributed by atoms with E-state index in [1.165, 1.54) is 16.8 Å². The Balaban J connectivity index is 1.58. The number of carbonyl (C=O) groups is 2. The van der Waals surface area contributed by atoms with Crippen LogP contribution in [0.2, 0.25) is 0 Å². The van der Waals surface area contributed by atoms with Gasteiger partial charge in [-0.15, -0.1) is 5.10 Å². The molecule has 1 atom stereocenters. The van der Waals surface area contributed by atoms with Crippen molar-refractivity contribution in [3.63, 3.8) is 0 Å². The van der Waals surface area contributed by atoms with Gasteiger partial charge in [-0.1, -0.05) is 0 Å². The number of hydrogen-bond donors (Lipinski definition) is 2. The molecule has 0 spiro atoms. The molecule has 0 unspecified atom stereocenters. The Kier molecular flexibility index (Phi) is 3.64. The summed E-state index contributed by atoms with van der Waals surface area (Å²) in [5, 5.41) is 13.3. The van der Waals surface area contributed by atoms with Gasteiger partial charge in [0.15, 0.2) is 11.5 Å². The highest BCUT2D eigenvalue weighted by atomic mass is 19.1. The predicted molar refractivity (Wildman–Crippen MR) is 102 cm³/mol. The zero-order chi connectivity index (χ0) is 20.4. The minimum atomic E-state index is -1.24. The molecule has 1 fully saturated rings. The van der Waals surface area contributed by atoms with Crippen molar-refractivity contribution in [2.24, 2.45) is 5.92 Å². The first-order valence-electron chi connectivity index (χ1n) is 9.37. The second kappa shape index (κ2) is 6.00. The van der Waals surface area contributed by atoms with Crippen molar-refractivity contribution in [1.29, 1.82) is 0 Å². The number of halogens is 1. The summed E-state index contributed by atoms with van der Waals surface area (Å²) in [6, 6.07) is 4.70. The number of fused-ring (bicyclic) bond motifs is 2. The number of carbonyl (C=O) groups excluding carboxylic acids is 1. The number of benzene rings is 1. The second-order valence-electron chi connectivity index (χ2n) is 7.65. The molecular formula is C20H18FN5O3. The Morgan fingerprint density at radius 2 is 2.14 bits per heavy atom. The molecule has 3 N–H and O–H groups in total. The lowest BCUT2D eigenvalue weighted by atomic mass is 10.0. The number of nitrogens with two attached hydrogens (primary N) is 1. The van der Waals surface area contributed by atoms with Crippen LogP contribution in [-0.2, 0) is 6.54 Å². The topological polar surface area (TPSA) is 114 Å². The van der Waals surface area contributed by atoms with Crippen LogP contribution < -0.4 is 5.73 Å². The summed E-state index contributed by atoms with van der Waals surface area (Å²) >= 11 is 0. The van der Waals surface area contributed by atoms with Gasteiger partial charge >= 0.3 is 5.97 Å². The normalized spacial score (nSPS) is 17.0. The Labute approximate surface area is 164 Å². The molecule has 1 saturated carbocycles. The van der Waals surface area contributed by atoms with E-state index in [4.69, 9.17) is 5.73 Å². The Bertz CT molecular complexity index is 1200. The average Bonchev–Trinajstić information content (AvgIpc) is 3.38. The first-order valence-corrected chi connectivity index (χ1v) is 9.37. The van der Waals surface area contributed by atoms with Gasteiger partial charge in [0.25, 0.3) is 5.91 Å². The minimum absolute atomic E-state index is 0.0773. The molecule has 1 amide bonds. The van der Waals surface area contributed by atoms with Crippen molar-refractivity contribution in [2.45, 2.75) is 32.4 Å². The monoisotopic (exact) mass is 395 g/mol. The van der Waals surface area contributed by atoms with Crippen LogP contribution in [0, 0.1) is 11.7 Å². The smallest absolute Gasteiger partial charge is 0.343 e. The van der Waals surface area contributed by atoms with Gasteiger partial charge in [-0.2, -0.15) is 0 Å². The number of rotatable bonds is 4. The first kappa shape index (κ1) is 17.6. The fourth-order valence-corrected chi connectivity index (χ4v) is 4.05. The molecule has 0 radical (unpaired) electrons. The molecule has 1 aliphatic heterocycles. The highest BCUT2D eigenvalue weighted by Gasteiger charge is 2.40. The van der Waals surface area contributed by atoms with Gasteiger partial charge in [0.05, 0.1) is 11.3 Å². The van der Waals surface area contributed by atoms with Crippen molar-refractivity contribution in [2.75, 3.05) is 5.73 Å². The Morgan fingerprint density at radius 1 is 1.38 bits per heavy atom. The maximum atomic E-state index is 14.9. The molecule has 29 heavy (non-hydrogen) atoms. The number of hydrogen-bond acceptors (Lipinski definition) is 5. The molecule has 148 valence electrons. The highest BCUT2D eigenvalue weighted by molar-refractivity contribution is 6.00. The van der Waals surface area contributed by atoms with Crippen molar-refractivity contribution >= 4 is 23.3 Å². The van der Waals surface area contributed by atoms with Gasteiger partial charge < -0.3 is 15.7 Å². The number of nitrogens with zero attached hydrogens (tertiary/aromatic N) is 4. The van der Waals surface area contributed by atoms with E-state index < -0.39 is 11.8 Å². The number of nitrogen functional groups attached to an aromatic ring is 1. The molecule has 3 aromatic rings. The van der Waals surface area contributed by atoms with E-state index in [9.17, 15) is 19.1 Å². The second-order valence-corrected chi connectivity index (χ2v) is 7.65. The lowest BCUT2D eigenvalue weighted by molar-refractivity contribution is 0.0687. The third-order valence-corrected chi connectivity index (χ3v) is 5.80. The van der Waals surface area contributed by atoms with Gasteiger partial charge in [0, 0.05) is 24.3 Å². The molecule has 1 aromatic carbocycles. The van der Waals surface area contributed by atoms with Crippen LogP contribution in [0.15, 0.2) is 24.4 Å². The van der Waals surface area contributed by atoms with Gasteiger partial charge in [0.2, 0.25) is 0 Å². The van der Waals surface area contributed by atoms with Crippen molar-refractivity contribution in [1.82, 2.24) is 19.5 Å². The number of aromatic nitrogens is 3. The van der Waals surface area contributed by atoms with E-state index in [1.807, 2.05) is 6.92 Å². The van der Waals surface area contributed by atoms with Crippen LogP contribution in [0.1, 0.15) is 46.0 Å². The molecule has 0 saturated heterocycles. The molecule has 5 rings (SSSR count). The quantitative estimate of drug-likeness (QED) is 0.702. The third-order valence-electron chi connectivity index (χ3n) is 5.80. The van der Waals surface area contributed by atoms with E-state index >= 15 is 0 Å². The molecule has 2 aromatic heterocycles. The average molecular weight is 395 g/mol. The van der Waals surface area contributed by atoms with Crippen molar-refractivity contribution in [3.05, 3.63) is 46.9 Å². The van der Waals surface area contributed by atoms with Crippen LogP contribution in [0.5, 0.6) is 0 Å². The first-order chi connectivity index (χ1) is 13.8. The summed E-state index contributed by atoms with van der Waals surface area (Å²) < 4.78 is 16.1. The van der Waals surface area contributed by atoms with Gasteiger partial charge in [0.1, 0.15) is 11.4 Å². The number of aromatic carboxylic acids is 1. The Hall–Kier alpha value is -3.49. The fourth-order valence-electron chi connectivity index (χ4n) is 4.05. The number of carboxylic acid groups (broad SMARTS) is 1. The van der Waals surface area contributed by atoms with Gasteiger partial charge in [-0.3, -0.25) is 4.79 Å². The van der Waals surface area contributed by atoms with Crippen LogP contribution >= 0.6 is 0 Å². The molecule has 2 aliphatic rings.